The molecular weight excluding hydrogens is 397 g/mol. The molecule has 2 aliphatic rings. The molecule has 30 heavy (non-hydrogen) atoms. The van der Waals surface area contributed by atoms with Crippen LogP contribution in [0.4, 0.5) is 4.79 Å². The van der Waals surface area contributed by atoms with Crippen LogP contribution in [0.3, 0.4) is 0 Å². The van der Waals surface area contributed by atoms with Gasteiger partial charge in [0.05, 0.1) is 28.9 Å². The zero-order valence-corrected chi connectivity index (χ0v) is 21.8. The van der Waals surface area contributed by atoms with Gasteiger partial charge in [0.25, 0.3) is 0 Å². The van der Waals surface area contributed by atoms with Crippen LogP contribution < -0.4 is 0 Å². The lowest BCUT2D eigenvalue weighted by molar-refractivity contribution is 0.00578. The summed E-state index contributed by atoms with van der Waals surface area (Å²) in [6.07, 6.45) is 2.18. The maximum atomic E-state index is 12.5. The van der Waals surface area contributed by atoms with Crippen LogP contribution in [0.1, 0.15) is 75.2 Å². The molecule has 0 bridgehead atoms. The van der Waals surface area contributed by atoms with Gasteiger partial charge in [0.2, 0.25) is 0 Å². The predicted molar refractivity (Wildman–Crippen MR) is 124 cm³/mol. The molecule has 0 spiro atoms. The van der Waals surface area contributed by atoms with Crippen molar-refractivity contribution in [3.8, 4) is 0 Å². The average Bonchev–Trinajstić information content (AvgIpc) is 2.74. The van der Waals surface area contributed by atoms with E-state index in [1.165, 1.54) is 4.90 Å². The van der Waals surface area contributed by atoms with E-state index in [2.05, 4.69) is 47.7 Å². The van der Waals surface area contributed by atoms with Gasteiger partial charge in [-0.05, 0) is 64.6 Å². The van der Waals surface area contributed by atoms with Crippen molar-refractivity contribution < 1.29 is 23.6 Å². The number of hydrogen-bond acceptors (Lipinski definition) is 4. The summed E-state index contributed by atoms with van der Waals surface area (Å²) in [4.78, 5) is 13.9. The van der Waals surface area contributed by atoms with Crippen LogP contribution in [0.15, 0.2) is 11.7 Å². The number of nitrogens with zero attached hydrogens (tertiary/aromatic N) is 1. The second kappa shape index (κ2) is 8.26. The molecule has 172 valence electrons. The molecule has 1 saturated heterocycles. The van der Waals surface area contributed by atoms with Crippen LogP contribution in [0, 0.1) is 5.92 Å². The summed E-state index contributed by atoms with van der Waals surface area (Å²) in [5.74, 6) is 0.333. The molecule has 0 aromatic heterocycles. The van der Waals surface area contributed by atoms with Gasteiger partial charge in [0.1, 0.15) is 0 Å². The molecule has 1 N–H and O–H groups in total. The topological polar surface area (TPSA) is 68.2 Å². The van der Waals surface area contributed by atoms with Crippen molar-refractivity contribution in [2.45, 2.75) is 117 Å². The third-order valence-electron chi connectivity index (χ3n) is 7.26. The Hall–Kier alpha value is -0.828. The maximum Gasteiger partial charge on any atom is 0.512 e. The van der Waals surface area contributed by atoms with E-state index in [4.69, 9.17) is 13.7 Å². The Bertz CT molecular complexity index is 668. The lowest BCUT2D eigenvalue weighted by atomic mass is 9.77. The van der Waals surface area contributed by atoms with Gasteiger partial charge in [0.15, 0.2) is 8.32 Å². The first-order chi connectivity index (χ1) is 13.4. The summed E-state index contributed by atoms with van der Waals surface area (Å²) in [6.45, 7) is 23.2. The highest BCUT2D eigenvalue weighted by atomic mass is 28.4. The lowest BCUT2D eigenvalue weighted by Gasteiger charge is -2.46. The van der Waals surface area contributed by atoms with E-state index in [-0.39, 0.29) is 17.2 Å². The van der Waals surface area contributed by atoms with Gasteiger partial charge in [-0.3, -0.25) is 4.90 Å². The van der Waals surface area contributed by atoms with Crippen LogP contribution >= 0.6 is 0 Å². The Labute approximate surface area is 184 Å². The minimum Gasteiger partial charge on any atom is -0.465 e. The lowest BCUT2D eigenvalue weighted by Crippen LogP contribution is -2.56. The van der Waals surface area contributed by atoms with Crippen molar-refractivity contribution in [3.05, 3.63) is 11.7 Å². The first kappa shape index (κ1) is 25.4. The zero-order chi connectivity index (χ0) is 23.3. The summed E-state index contributed by atoms with van der Waals surface area (Å²) < 4.78 is 19.1. The molecule has 2 atom stereocenters. The Morgan fingerprint density at radius 1 is 1.27 bits per heavy atom. The van der Waals surface area contributed by atoms with Crippen LogP contribution in [-0.4, -0.2) is 54.9 Å². The van der Waals surface area contributed by atoms with Crippen LogP contribution in [-0.2, 0) is 13.7 Å². The summed E-state index contributed by atoms with van der Waals surface area (Å²) in [5.41, 5.74) is -0.461. The van der Waals surface area contributed by atoms with Crippen molar-refractivity contribution in [2.24, 2.45) is 5.92 Å². The molecule has 6 nitrogen and oxygen atoms in total. The molecule has 0 radical (unpaired) electrons. The van der Waals surface area contributed by atoms with Gasteiger partial charge in [-0.2, -0.15) is 0 Å². The minimum absolute atomic E-state index is 0.0547. The molecule has 0 unspecified atom stereocenters. The van der Waals surface area contributed by atoms with Crippen molar-refractivity contribution in [1.82, 2.24) is 4.90 Å². The van der Waals surface area contributed by atoms with Crippen molar-refractivity contribution >= 4 is 21.5 Å². The van der Waals surface area contributed by atoms with Gasteiger partial charge >= 0.3 is 13.2 Å². The average molecular weight is 439 g/mol. The van der Waals surface area contributed by atoms with Gasteiger partial charge in [-0.1, -0.05) is 40.7 Å². The summed E-state index contributed by atoms with van der Waals surface area (Å²) in [6, 6.07) is -0.268. The number of amides is 1. The summed E-state index contributed by atoms with van der Waals surface area (Å²) in [7, 11) is -2.76. The van der Waals surface area contributed by atoms with Gasteiger partial charge in [0, 0.05) is 0 Å². The minimum atomic E-state index is -2.06. The molecule has 1 amide bonds. The molecule has 2 heterocycles. The van der Waals surface area contributed by atoms with E-state index in [9.17, 15) is 9.90 Å². The molecular formula is C22H42BNO5Si. The Kier molecular flexibility index (Phi) is 7.00. The molecule has 1 fully saturated rings. The zero-order valence-electron chi connectivity index (χ0n) is 20.8. The molecule has 0 aromatic carbocycles. The fourth-order valence-corrected chi connectivity index (χ4v) is 5.06. The first-order valence-corrected chi connectivity index (χ1v) is 14.1. The molecule has 8 heteroatoms. The van der Waals surface area contributed by atoms with Crippen LogP contribution in [0.5, 0.6) is 0 Å². The SMILES string of the molecule is CC(C)C[C@@H]1[C@@H](O[Si](C)(C)C(C)(C)C)CC=C(B2OC(C)(C)C(C)(C)O2)N1C(=O)O. The Balaban J connectivity index is 2.42. The standard InChI is InChI=1S/C22H42BNO5Si/c1-15(2)14-16-17(27-30(10,11)20(3,4)5)12-13-18(24(16)19(25)26)23-28-21(6,7)22(8,9)29-23/h13,15-17H,12,14H2,1-11H3,(H,25,26)/t16-,17+/m1/s1. The van der Waals surface area contributed by atoms with Crippen molar-refractivity contribution in [2.75, 3.05) is 0 Å². The molecule has 0 aliphatic carbocycles. The molecule has 0 aromatic rings. The van der Waals surface area contributed by atoms with E-state index in [1.807, 2.05) is 33.8 Å². The number of carboxylic acid groups (broad SMARTS) is 1. The molecule has 2 aliphatic heterocycles. The largest absolute Gasteiger partial charge is 0.512 e. The van der Waals surface area contributed by atoms with E-state index >= 15 is 0 Å². The third-order valence-corrected chi connectivity index (χ3v) is 11.8. The second-order valence-electron chi connectivity index (χ2n) is 11.7. The van der Waals surface area contributed by atoms with Gasteiger partial charge in [-0.15, -0.1) is 0 Å². The highest BCUT2D eigenvalue weighted by Gasteiger charge is 2.56. The quantitative estimate of drug-likeness (QED) is 0.558. The smallest absolute Gasteiger partial charge is 0.465 e. The second-order valence-corrected chi connectivity index (χ2v) is 16.5. The Morgan fingerprint density at radius 3 is 2.17 bits per heavy atom. The fraction of sp³-hybridized carbons (Fsp3) is 0.864. The molecule has 2 rings (SSSR count). The van der Waals surface area contributed by atoms with E-state index in [0.717, 1.165) is 6.42 Å². The highest BCUT2D eigenvalue weighted by molar-refractivity contribution is 6.74. The third kappa shape index (κ3) is 4.97. The van der Waals surface area contributed by atoms with E-state index < -0.39 is 32.7 Å². The van der Waals surface area contributed by atoms with Gasteiger partial charge < -0.3 is 18.8 Å². The number of rotatable bonds is 5. The van der Waals surface area contributed by atoms with Crippen LogP contribution in [0.2, 0.25) is 18.1 Å². The normalized spacial score (nSPS) is 26.9. The van der Waals surface area contributed by atoms with E-state index in [0.29, 0.717) is 17.9 Å². The first-order valence-electron chi connectivity index (χ1n) is 11.2. The number of carbonyl (C=O) groups is 1. The van der Waals surface area contributed by atoms with Crippen molar-refractivity contribution in [1.29, 1.82) is 0 Å². The fourth-order valence-electron chi connectivity index (χ4n) is 3.70. The summed E-state index contributed by atoms with van der Waals surface area (Å²) in [5, 5.41) is 10.3. The monoisotopic (exact) mass is 439 g/mol. The summed E-state index contributed by atoms with van der Waals surface area (Å²) >= 11 is 0. The highest BCUT2D eigenvalue weighted by Crippen LogP contribution is 2.43. The Morgan fingerprint density at radius 2 is 1.77 bits per heavy atom. The predicted octanol–water partition coefficient (Wildman–Crippen LogP) is 5.69. The van der Waals surface area contributed by atoms with E-state index in [1.54, 1.807) is 0 Å². The maximum absolute atomic E-state index is 12.5. The van der Waals surface area contributed by atoms with Crippen LogP contribution in [0.25, 0.3) is 0 Å². The molecule has 0 saturated carbocycles. The number of hydrogen-bond donors (Lipinski definition) is 1. The van der Waals surface area contributed by atoms with Crippen molar-refractivity contribution in [3.63, 3.8) is 0 Å². The van der Waals surface area contributed by atoms with Gasteiger partial charge in [-0.25, -0.2) is 4.79 Å².